The van der Waals surface area contributed by atoms with Crippen molar-refractivity contribution in [1.29, 1.82) is 0 Å². The molecule has 6 heteroatoms. The minimum atomic E-state index is -0.0280. The van der Waals surface area contributed by atoms with Crippen LogP contribution in [0.25, 0.3) is 0 Å². The topological polar surface area (TPSA) is 48.1 Å². The Morgan fingerprint density at radius 3 is 2.59 bits per heavy atom. The number of para-hydroxylation sites is 2. The van der Waals surface area contributed by atoms with Gasteiger partial charge >= 0.3 is 0 Å². The first kappa shape index (κ1) is 21.3. The van der Waals surface area contributed by atoms with Gasteiger partial charge in [0.15, 0.2) is 0 Å². The minimum Gasteiger partial charge on any atom is -0.379 e. The van der Waals surface area contributed by atoms with E-state index in [1.807, 2.05) is 0 Å². The predicted molar refractivity (Wildman–Crippen MR) is 128 cm³/mol. The van der Waals surface area contributed by atoms with Gasteiger partial charge in [-0.2, -0.15) is 0 Å². The summed E-state index contributed by atoms with van der Waals surface area (Å²) >= 11 is 0. The third-order valence-electron chi connectivity index (χ3n) is 7.14. The van der Waals surface area contributed by atoms with Crippen molar-refractivity contribution >= 4 is 17.3 Å². The standard InChI is InChI=1S/C26H34N4O2/c31-26(27-11-6-12-28-15-17-32-18-16-28)23-19-21-7-4-5-10-24(21)30-14-13-29(20-25(23)30)22-8-2-1-3-9-22/h1-5,7-10,23,25H,6,11-20H2,(H,27,31)/t23-,25+/m0/s1. The number of nitrogens with zero attached hydrogens (tertiary/aromatic N) is 3. The monoisotopic (exact) mass is 434 g/mol. The molecule has 5 rings (SSSR count). The van der Waals surface area contributed by atoms with Gasteiger partial charge in [-0.25, -0.2) is 0 Å². The van der Waals surface area contributed by atoms with Gasteiger partial charge < -0.3 is 19.9 Å². The first-order chi connectivity index (χ1) is 15.8. The number of carbonyl (C=O) groups excluding carboxylic acids is 1. The van der Waals surface area contributed by atoms with Crippen LogP contribution < -0.4 is 15.1 Å². The number of benzene rings is 2. The summed E-state index contributed by atoms with van der Waals surface area (Å²) < 4.78 is 5.42. The van der Waals surface area contributed by atoms with Crippen LogP contribution in [0.2, 0.25) is 0 Å². The Labute approximate surface area is 191 Å². The van der Waals surface area contributed by atoms with Crippen LogP contribution in [-0.2, 0) is 16.0 Å². The molecule has 0 spiro atoms. The molecule has 2 atom stereocenters. The highest BCUT2D eigenvalue weighted by Gasteiger charge is 2.41. The van der Waals surface area contributed by atoms with Crippen LogP contribution in [0.3, 0.4) is 0 Å². The molecule has 3 aliphatic heterocycles. The molecule has 3 aliphatic rings. The lowest BCUT2D eigenvalue weighted by Gasteiger charge is -2.49. The summed E-state index contributed by atoms with van der Waals surface area (Å²) in [6.45, 7) is 8.20. The van der Waals surface area contributed by atoms with Crippen molar-refractivity contribution in [1.82, 2.24) is 10.2 Å². The molecule has 2 fully saturated rings. The van der Waals surface area contributed by atoms with E-state index in [2.05, 4.69) is 74.6 Å². The van der Waals surface area contributed by atoms with Crippen LogP contribution in [0.5, 0.6) is 0 Å². The van der Waals surface area contributed by atoms with Crippen LogP contribution >= 0.6 is 0 Å². The number of nitrogens with one attached hydrogen (secondary N) is 1. The smallest absolute Gasteiger partial charge is 0.225 e. The van der Waals surface area contributed by atoms with Gasteiger partial charge in [0.25, 0.3) is 0 Å². The maximum absolute atomic E-state index is 13.4. The number of amides is 1. The van der Waals surface area contributed by atoms with Gasteiger partial charge in [0.2, 0.25) is 5.91 Å². The minimum absolute atomic E-state index is 0.0280. The van der Waals surface area contributed by atoms with Crippen LogP contribution in [-0.4, -0.2) is 75.9 Å². The highest BCUT2D eigenvalue weighted by atomic mass is 16.5. The molecule has 32 heavy (non-hydrogen) atoms. The van der Waals surface area contributed by atoms with Crippen molar-refractivity contribution in [3.63, 3.8) is 0 Å². The van der Waals surface area contributed by atoms with Crippen molar-refractivity contribution in [2.24, 2.45) is 5.92 Å². The van der Waals surface area contributed by atoms with Crippen LogP contribution in [0.1, 0.15) is 12.0 Å². The van der Waals surface area contributed by atoms with Crippen LogP contribution in [0.15, 0.2) is 54.6 Å². The van der Waals surface area contributed by atoms with Gasteiger partial charge in [0, 0.05) is 50.6 Å². The lowest BCUT2D eigenvalue weighted by molar-refractivity contribution is -0.125. The Hall–Kier alpha value is -2.57. The Kier molecular flexibility index (Phi) is 6.60. The molecule has 2 aromatic rings. The molecule has 1 N–H and O–H groups in total. The number of ether oxygens (including phenoxy) is 1. The summed E-state index contributed by atoms with van der Waals surface area (Å²) in [6, 6.07) is 19.4. The molecule has 2 saturated heterocycles. The van der Waals surface area contributed by atoms with E-state index in [4.69, 9.17) is 4.74 Å². The van der Waals surface area contributed by atoms with Crippen LogP contribution in [0, 0.1) is 5.92 Å². The van der Waals surface area contributed by atoms with Crippen molar-refractivity contribution in [3.05, 3.63) is 60.2 Å². The average molecular weight is 435 g/mol. The lowest BCUT2D eigenvalue weighted by atomic mass is 9.83. The molecule has 1 amide bonds. The first-order valence-electron chi connectivity index (χ1n) is 12.0. The number of hydrogen-bond acceptors (Lipinski definition) is 5. The number of fused-ring (bicyclic) bond motifs is 3. The molecular weight excluding hydrogens is 400 g/mol. The predicted octanol–water partition coefficient (Wildman–Crippen LogP) is 2.39. The zero-order valence-corrected chi connectivity index (χ0v) is 18.8. The summed E-state index contributed by atoms with van der Waals surface area (Å²) in [5.41, 5.74) is 3.85. The number of morpholine rings is 1. The third-order valence-corrected chi connectivity index (χ3v) is 7.14. The largest absolute Gasteiger partial charge is 0.379 e. The highest BCUT2D eigenvalue weighted by Crippen LogP contribution is 2.36. The summed E-state index contributed by atoms with van der Waals surface area (Å²) in [5, 5.41) is 3.27. The van der Waals surface area contributed by atoms with Crippen molar-refractivity contribution in [2.45, 2.75) is 18.9 Å². The average Bonchev–Trinajstić information content (AvgIpc) is 2.87. The van der Waals surface area contributed by atoms with Crippen molar-refractivity contribution in [3.8, 4) is 0 Å². The summed E-state index contributed by atoms with van der Waals surface area (Å²) in [7, 11) is 0. The molecule has 0 saturated carbocycles. The molecule has 3 heterocycles. The fraction of sp³-hybridized carbons (Fsp3) is 0.500. The molecular formula is C26H34N4O2. The van der Waals surface area contributed by atoms with E-state index >= 15 is 0 Å². The first-order valence-corrected chi connectivity index (χ1v) is 12.0. The maximum Gasteiger partial charge on any atom is 0.225 e. The summed E-state index contributed by atoms with van der Waals surface area (Å²) in [5.74, 6) is 0.172. The molecule has 170 valence electrons. The molecule has 6 nitrogen and oxygen atoms in total. The van der Waals surface area contributed by atoms with Gasteiger partial charge in [-0.15, -0.1) is 0 Å². The molecule has 0 radical (unpaired) electrons. The number of piperazine rings is 1. The van der Waals surface area contributed by atoms with E-state index in [9.17, 15) is 4.79 Å². The molecule has 2 aromatic carbocycles. The summed E-state index contributed by atoms with van der Waals surface area (Å²) in [6.07, 6.45) is 1.80. The van der Waals surface area contributed by atoms with Gasteiger partial charge in [-0.3, -0.25) is 9.69 Å². The number of carbonyl (C=O) groups is 1. The van der Waals surface area contributed by atoms with Crippen molar-refractivity contribution < 1.29 is 9.53 Å². The zero-order valence-electron chi connectivity index (χ0n) is 18.8. The fourth-order valence-electron chi connectivity index (χ4n) is 5.40. The van der Waals surface area contributed by atoms with E-state index in [1.54, 1.807) is 0 Å². The van der Waals surface area contributed by atoms with E-state index < -0.39 is 0 Å². The zero-order chi connectivity index (χ0) is 21.8. The summed E-state index contributed by atoms with van der Waals surface area (Å²) in [4.78, 5) is 20.7. The highest BCUT2D eigenvalue weighted by molar-refractivity contribution is 5.82. The SMILES string of the molecule is O=C(NCCCN1CCOCC1)[C@H]1Cc2ccccc2N2CCN(c3ccccc3)C[C@H]12. The van der Waals surface area contributed by atoms with E-state index in [0.29, 0.717) is 0 Å². The van der Waals surface area contributed by atoms with Crippen molar-refractivity contribution in [2.75, 3.05) is 68.8 Å². The maximum atomic E-state index is 13.4. The van der Waals surface area contributed by atoms with Gasteiger partial charge in [-0.05, 0) is 43.1 Å². The molecule has 0 bridgehead atoms. The normalized spacial score (nSPS) is 23.4. The number of rotatable bonds is 6. The molecule has 0 aliphatic carbocycles. The van der Waals surface area contributed by atoms with E-state index in [1.165, 1.54) is 16.9 Å². The van der Waals surface area contributed by atoms with Gasteiger partial charge in [0.1, 0.15) is 0 Å². The second-order valence-corrected chi connectivity index (χ2v) is 9.08. The third kappa shape index (κ3) is 4.62. The lowest BCUT2D eigenvalue weighted by Crippen LogP contribution is -2.61. The van der Waals surface area contributed by atoms with E-state index in [-0.39, 0.29) is 17.9 Å². The Bertz CT molecular complexity index is 900. The Morgan fingerprint density at radius 1 is 0.969 bits per heavy atom. The van der Waals surface area contributed by atoms with Crippen LogP contribution in [0.4, 0.5) is 11.4 Å². The second-order valence-electron chi connectivity index (χ2n) is 9.08. The molecule has 0 unspecified atom stereocenters. The second kappa shape index (κ2) is 9.92. The van der Waals surface area contributed by atoms with E-state index in [0.717, 1.165) is 71.9 Å². The fourth-order valence-corrected chi connectivity index (χ4v) is 5.40. The Morgan fingerprint density at radius 2 is 1.75 bits per heavy atom. The van der Waals surface area contributed by atoms with Gasteiger partial charge in [0.05, 0.1) is 25.2 Å². The molecule has 0 aromatic heterocycles. The number of anilines is 2. The van der Waals surface area contributed by atoms with Gasteiger partial charge in [-0.1, -0.05) is 36.4 Å². The quantitative estimate of drug-likeness (QED) is 0.708. The Balaban J connectivity index is 1.26. The number of hydrogen-bond donors (Lipinski definition) is 1.